The first-order valence-corrected chi connectivity index (χ1v) is 36.3. The average Bonchev–Trinajstić information content (AvgIpc) is 3.47. The Morgan fingerprint density at radius 2 is 0.476 bits per heavy atom. The molecule has 0 aliphatic carbocycles. The maximum Gasteiger partial charge on any atom is 0.306 e. The van der Waals surface area contributed by atoms with Gasteiger partial charge in [-0.25, -0.2) is 0 Å². The van der Waals surface area contributed by atoms with Gasteiger partial charge in [-0.05, 0) is 83.5 Å². The van der Waals surface area contributed by atoms with Gasteiger partial charge in [-0.2, -0.15) is 0 Å². The van der Waals surface area contributed by atoms with Crippen LogP contribution in [0.15, 0.2) is 60.8 Å². The largest absolute Gasteiger partial charge is 0.462 e. The van der Waals surface area contributed by atoms with Crippen molar-refractivity contribution in [2.45, 2.75) is 393 Å². The fourth-order valence-electron chi connectivity index (χ4n) is 10.8. The Morgan fingerprint density at radius 1 is 0.256 bits per heavy atom. The fraction of sp³-hybridized carbons (Fsp3) is 0.829. The molecule has 82 heavy (non-hydrogen) atoms. The van der Waals surface area contributed by atoms with E-state index in [1.165, 1.54) is 263 Å². The highest BCUT2D eigenvalue weighted by Crippen LogP contribution is 2.18. The van der Waals surface area contributed by atoms with Crippen molar-refractivity contribution in [3.63, 3.8) is 0 Å². The number of unbranched alkanes of at least 4 members (excludes halogenated alkanes) is 46. The number of rotatable bonds is 67. The van der Waals surface area contributed by atoms with E-state index in [1.54, 1.807) is 0 Å². The maximum absolute atomic E-state index is 13.0. The van der Waals surface area contributed by atoms with E-state index < -0.39 is 6.10 Å². The third-order valence-electron chi connectivity index (χ3n) is 16.3. The van der Waals surface area contributed by atoms with E-state index in [4.69, 9.17) is 14.2 Å². The molecule has 0 amide bonds. The first-order chi connectivity index (χ1) is 40.5. The van der Waals surface area contributed by atoms with Crippen molar-refractivity contribution in [2.24, 2.45) is 0 Å². The van der Waals surface area contributed by atoms with E-state index >= 15 is 0 Å². The average molecular weight is 1150 g/mol. The van der Waals surface area contributed by atoms with Gasteiger partial charge in [-0.1, -0.05) is 345 Å². The zero-order valence-corrected chi connectivity index (χ0v) is 55.0. The molecule has 0 rings (SSSR count). The van der Waals surface area contributed by atoms with Crippen molar-refractivity contribution < 1.29 is 28.6 Å². The molecule has 0 bridgehead atoms. The number of allylic oxidation sites excluding steroid dienone is 10. The molecule has 0 radical (unpaired) electrons. The van der Waals surface area contributed by atoms with Gasteiger partial charge in [0.15, 0.2) is 6.10 Å². The second-order valence-corrected chi connectivity index (χ2v) is 24.5. The van der Waals surface area contributed by atoms with Gasteiger partial charge in [0.2, 0.25) is 0 Å². The molecule has 0 aliphatic rings. The summed E-state index contributed by atoms with van der Waals surface area (Å²) in [6, 6.07) is 0. The molecule has 0 saturated heterocycles. The first kappa shape index (κ1) is 79.1. The minimum absolute atomic E-state index is 0.0707. The van der Waals surface area contributed by atoms with Crippen molar-refractivity contribution in [3.8, 4) is 0 Å². The van der Waals surface area contributed by atoms with E-state index in [9.17, 15) is 14.4 Å². The lowest BCUT2D eigenvalue weighted by atomic mass is 10.0. The number of ether oxygens (including phenoxy) is 3. The molecular formula is C76H138O6. The van der Waals surface area contributed by atoms with Gasteiger partial charge < -0.3 is 14.2 Å². The van der Waals surface area contributed by atoms with Gasteiger partial charge in [-0.3, -0.25) is 14.4 Å². The molecule has 0 N–H and O–H groups in total. The van der Waals surface area contributed by atoms with Crippen LogP contribution in [-0.2, 0) is 28.6 Å². The Balaban J connectivity index is 4.32. The minimum atomic E-state index is -0.775. The highest BCUT2D eigenvalue weighted by atomic mass is 16.6. The van der Waals surface area contributed by atoms with E-state index in [0.29, 0.717) is 19.3 Å². The van der Waals surface area contributed by atoms with Crippen LogP contribution in [0.3, 0.4) is 0 Å². The van der Waals surface area contributed by atoms with E-state index in [-0.39, 0.29) is 31.1 Å². The van der Waals surface area contributed by atoms with Crippen LogP contribution < -0.4 is 0 Å². The fourth-order valence-corrected chi connectivity index (χ4v) is 10.8. The Morgan fingerprint density at radius 3 is 0.756 bits per heavy atom. The predicted molar refractivity (Wildman–Crippen MR) is 358 cm³/mol. The third kappa shape index (κ3) is 67.9. The Hall–Kier alpha value is -2.89. The highest BCUT2D eigenvalue weighted by Gasteiger charge is 2.19. The van der Waals surface area contributed by atoms with Crippen LogP contribution in [-0.4, -0.2) is 37.2 Å². The molecule has 1 atom stereocenters. The quantitative estimate of drug-likeness (QED) is 0.0261. The lowest BCUT2D eigenvalue weighted by Crippen LogP contribution is -2.30. The summed E-state index contributed by atoms with van der Waals surface area (Å²) in [6.07, 6.45) is 91.0. The van der Waals surface area contributed by atoms with Crippen LogP contribution in [0.4, 0.5) is 0 Å². The van der Waals surface area contributed by atoms with Crippen molar-refractivity contribution in [1.82, 2.24) is 0 Å². The Kier molecular flexibility index (Phi) is 68.1. The van der Waals surface area contributed by atoms with Crippen LogP contribution in [0.5, 0.6) is 0 Å². The molecule has 0 aromatic carbocycles. The molecule has 0 saturated carbocycles. The van der Waals surface area contributed by atoms with Crippen molar-refractivity contribution in [1.29, 1.82) is 0 Å². The minimum Gasteiger partial charge on any atom is -0.462 e. The van der Waals surface area contributed by atoms with Crippen molar-refractivity contribution in [2.75, 3.05) is 13.2 Å². The molecule has 6 heteroatoms. The highest BCUT2D eigenvalue weighted by molar-refractivity contribution is 5.71. The lowest BCUT2D eigenvalue weighted by Gasteiger charge is -2.18. The second kappa shape index (κ2) is 70.6. The topological polar surface area (TPSA) is 78.9 Å². The lowest BCUT2D eigenvalue weighted by molar-refractivity contribution is -0.167. The Labute approximate surface area is 510 Å². The molecule has 0 spiro atoms. The third-order valence-corrected chi connectivity index (χ3v) is 16.3. The number of carbonyl (C=O) groups excluding carboxylic acids is 3. The molecule has 0 heterocycles. The summed E-state index contributed by atoms with van der Waals surface area (Å²) in [5.41, 5.74) is 0. The number of hydrogen-bond acceptors (Lipinski definition) is 6. The SMILES string of the molecule is CC/C=C\C/C=C\C/C=C\C/C=C\CCCCCCCCCCCCCCC(=O)OCC(COC(=O)CCCCCCCCCCC/C=C\CCCCCCCC)OC(=O)CCCCCCCCCCCCCCCCCCCCCC. The van der Waals surface area contributed by atoms with Crippen LogP contribution in [0.2, 0.25) is 0 Å². The molecular weight excluding hydrogens is 1010 g/mol. The van der Waals surface area contributed by atoms with Crippen LogP contribution in [0.1, 0.15) is 387 Å². The number of hydrogen-bond donors (Lipinski definition) is 0. The first-order valence-electron chi connectivity index (χ1n) is 36.3. The normalized spacial score (nSPS) is 12.4. The summed E-state index contributed by atoms with van der Waals surface area (Å²) < 4.78 is 17.0. The van der Waals surface area contributed by atoms with E-state index in [2.05, 4.69) is 81.5 Å². The molecule has 1 unspecified atom stereocenters. The summed E-state index contributed by atoms with van der Waals surface area (Å²) in [7, 11) is 0. The number of esters is 3. The van der Waals surface area contributed by atoms with Crippen molar-refractivity contribution in [3.05, 3.63) is 60.8 Å². The molecule has 0 aromatic heterocycles. The summed E-state index contributed by atoms with van der Waals surface area (Å²) in [5.74, 6) is -0.846. The molecule has 0 aliphatic heterocycles. The zero-order chi connectivity index (χ0) is 59.2. The summed E-state index contributed by atoms with van der Waals surface area (Å²) in [4.78, 5) is 38.5. The van der Waals surface area contributed by atoms with E-state index in [0.717, 1.165) is 83.5 Å². The summed E-state index contributed by atoms with van der Waals surface area (Å²) >= 11 is 0. The van der Waals surface area contributed by atoms with Gasteiger partial charge in [0, 0.05) is 19.3 Å². The molecule has 478 valence electrons. The molecule has 0 aromatic rings. The smallest absolute Gasteiger partial charge is 0.306 e. The predicted octanol–water partition coefficient (Wildman–Crippen LogP) is 25.1. The number of carbonyl (C=O) groups is 3. The second-order valence-electron chi connectivity index (χ2n) is 24.5. The van der Waals surface area contributed by atoms with Gasteiger partial charge in [-0.15, -0.1) is 0 Å². The van der Waals surface area contributed by atoms with Crippen LogP contribution in [0.25, 0.3) is 0 Å². The van der Waals surface area contributed by atoms with Crippen LogP contribution in [0, 0.1) is 0 Å². The summed E-state index contributed by atoms with van der Waals surface area (Å²) in [6.45, 7) is 6.60. The summed E-state index contributed by atoms with van der Waals surface area (Å²) in [5, 5.41) is 0. The molecule has 0 fully saturated rings. The monoisotopic (exact) mass is 1150 g/mol. The van der Waals surface area contributed by atoms with E-state index in [1.807, 2.05) is 0 Å². The maximum atomic E-state index is 13.0. The van der Waals surface area contributed by atoms with Crippen molar-refractivity contribution >= 4 is 17.9 Å². The van der Waals surface area contributed by atoms with Gasteiger partial charge in [0.25, 0.3) is 0 Å². The van der Waals surface area contributed by atoms with Crippen LogP contribution >= 0.6 is 0 Å². The Bertz CT molecular complexity index is 1460. The van der Waals surface area contributed by atoms with Gasteiger partial charge in [0.05, 0.1) is 0 Å². The standard InChI is InChI=1S/C76H138O6/c1-4-7-10-13-16-19-22-25-28-31-34-36-37-38-39-40-43-45-48-51-54-57-60-63-66-69-75(78)81-72-73(71-80-74(77)68-65-62-59-56-53-50-47-44-41-33-30-27-24-21-18-15-12-9-6-3)82-76(79)70-67-64-61-58-55-52-49-46-42-35-32-29-26-23-20-17-14-11-8-5-2/h7,10,16,19,25,27-28,30,34,36,73H,4-6,8-9,11-15,17-18,20-24,26,29,31-33,35,37-72H2,1-3H3/b10-7-,19-16-,28-25-,30-27-,36-34-. The van der Waals surface area contributed by atoms with Gasteiger partial charge >= 0.3 is 17.9 Å². The van der Waals surface area contributed by atoms with Gasteiger partial charge in [0.1, 0.15) is 13.2 Å². The zero-order valence-electron chi connectivity index (χ0n) is 55.0. The molecule has 6 nitrogen and oxygen atoms in total.